The molecule has 0 saturated heterocycles. The Labute approximate surface area is 379 Å². The Hall–Kier alpha value is -8.34. The predicted octanol–water partition coefficient (Wildman–Crippen LogP) is 17.8. The SMILES string of the molecule is C/C=C\c1c(C(C)C)c2ccccc2c2cc(-n3c4ccccc4c4c5c6c(-c7cccc8oc9ccccc9c78)cccc6n(-c6ccc7oc8ccccc8c7c6)c5ccc43)ccc12. The summed E-state index contributed by atoms with van der Waals surface area (Å²) >= 11 is 0. The minimum atomic E-state index is 0.372. The molecule has 4 heterocycles. The largest absolute Gasteiger partial charge is 0.456 e. The van der Waals surface area contributed by atoms with E-state index in [4.69, 9.17) is 8.83 Å². The summed E-state index contributed by atoms with van der Waals surface area (Å²) in [6, 6.07) is 66.4. The summed E-state index contributed by atoms with van der Waals surface area (Å²) in [5, 5.41) is 14.5. The van der Waals surface area contributed by atoms with Crippen LogP contribution in [-0.2, 0) is 0 Å². The summed E-state index contributed by atoms with van der Waals surface area (Å²) in [7, 11) is 0. The summed E-state index contributed by atoms with van der Waals surface area (Å²) in [5.41, 5.74) is 15.4. The van der Waals surface area contributed by atoms with Crippen molar-refractivity contribution < 1.29 is 8.83 Å². The molecule has 0 N–H and O–H groups in total. The second-order valence-corrected chi connectivity index (χ2v) is 18.1. The lowest BCUT2D eigenvalue weighted by atomic mass is 9.86. The van der Waals surface area contributed by atoms with Crippen LogP contribution in [0.3, 0.4) is 0 Å². The van der Waals surface area contributed by atoms with E-state index in [-0.39, 0.29) is 0 Å². The Morgan fingerprint density at radius 1 is 0.379 bits per heavy atom. The maximum Gasteiger partial charge on any atom is 0.136 e. The number of benzene rings is 10. The van der Waals surface area contributed by atoms with Crippen molar-refractivity contribution in [2.45, 2.75) is 26.7 Å². The summed E-state index contributed by atoms with van der Waals surface area (Å²) in [6.07, 6.45) is 4.48. The maximum absolute atomic E-state index is 6.51. The van der Waals surface area contributed by atoms with Crippen LogP contribution in [0.1, 0.15) is 37.8 Å². The highest BCUT2D eigenvalue weighted by molar-refractivity contribution is 6.32. The Balaban J connectivity index is 1.13. The first-order chi connectivity index (χ1) is 32.6. The zero-order valence-corrected chi connectivity index (χ0v) is 36.8. The molecule has 66 heavy (non-hydrogen) atoms. The van der Waals surface area contributed by atoms with Crippen molar-refractivity contribution in [1.82, 2.24) is 9.13 Å². The number of rotatable bonds is 5. The molecule has 4 aromatic heterocycles. The standard InChI is InChI=1S/C62H42N2O2/c1-4-15-42-40-30-28-37(34-48(40)39-16-5-6-18-43(39)58(42)36(2)3)63-50-23-10-7-19-46(50)61-52(63)31-32-53-62(61)60-45(44-22-14-27-57-59(44)47-20-9-12-26-55(47)66-57)21-13-24-51(60)64(53)38-29-33-56-49(35-38)41-17-8-11-25-54(41)65-56/h4-36H,1-3H3/b15-4-. The first-order valence-electron chi connectivity index (χ1n) is 23.0. The van der Waals surface area contributed by atoms with E-state index in [2.05, 4.69) is 212 Å². The summed E-state index contributed by atoms with van der Waals surface area (Å²) in [4.78, 5) is 0. The molecular formula is C62H42N2O2. The van der Waals surface area contributed by atoms with Crippen molar-refractivity contribution in [2.75, 3.05) is 0 Å². The first kappa shape index (κ1) is 37.1. The highest BCUT2D eigenvalue weighted by Crippen LogP contribution is 2.48. The Morgan fingerprint density at radius 3 is 1.71 bits per heavy atom. The van der Waals surface area contributed by atoms with E-state index < -0.39 is 0 Å². The lowest BCUT2D eigenvalue weighted by Gasteiger charge is -2.19. The van der Waals surface area contributed by atoms with Crippen molar-refractivity contribution >= 4 is 115 Å². The molecular weight excluding hydrogens is 805 g/mol. The average molecular weight is 847 g/mol. The van der Waals surface area contributed by atoms with Gasteiger partial charge in [0.1, 0.15) is 22.3 Å². The van der Waals surface area contributed by atoms with Crippen LogP contribution in [0.2, 0.25) is 0 Å². The molecule has 0 spiro atoms. The van der Waals surface area contributed by atoms with Crippen LogP contribution in [-0.4, -0.2) is 9.13 Å². The Kier molecular flexibility index (Phi) is 7.77. The molecule has 0 radical (unpaired) electrons. The predicted molar refractivity (Wildman–Crippen MR) is 279 cm³/mol. The van der Waals surface area contributed by atoms with Gasteiger partial charge in [-0.05, 0) is 129 Å². The molecule has 4 heteroatoms. The Bertz CT molecular complexity index is 4390. The van der Waals surface area contributed by atoms with E-state index in [1.807, 2.05) is 12.1 Å². The lowest BCUT2D eigenvalue weighted by Crippen LogP contribution is -1.99. The van der Waals surface area contributed by atoms with Gasteiger partial charge in [0.25, 0.3) is 0 Å². The molecule has 0 atom stereocenters. The monoisotopic (exact) mass is 846 g/mol. The molecule has 0 bridgehead atoms. The molecule has 4 nitrogen and oxygen atoms in total. The van der Waals surface area contributed by atoms with Gasteiger partial charge in [0, 0.05) is 54.5 Å². The van der Waals surface area contributed by atoms with Crippen LogP contribution in [0.5, 0.6) is 0 Å². The fourth-order valence-electron chi connectivity index (χ4n) is 11.6. The highest BCUT2D eigenvalue weighted by Gasteiger charge is 2.25. The van der Waals surface area contributed by atoms with Crippen molar-refractivity contribution in [3.8, 4) is 22.5 Å². The van der Waals surface area contributed by atoms with Crippen LogP contribution in [0.4, 0.5) is 0 Å². The smallest absolute Gasteiger partial charge is 0.136 e. The first-order valence-corrected chi connectivity index (χ1v) is 23.0. The van der Waals surface area contributed by atoms with Gasteiger partial charge < -0.3 is 18.0 Å². The van der Waals surface area contributed by atoms with Gasteiger partial charge in [0.15, 0.2) is 0 Å². The Morgan fingerprint density at radius 2 is 0.924 bits per heavy atom. The van der Waals surface area contributed by atoms with E-state index in [1.54, 1.807) is 0 Å². The van der Waals surface area contributed by atoms with Gasteiger partial charge in [-0.25, -0.2) is 0 Å². The van der Waals surface area contributed by atoms with E-state index in [9.17, 15) is 0 Å². The van der Waals surface area contributed by atoms with Crippen LogP contribution in [0.25, 0.3) is 138 Å². The van der Waals surface area contributed by atoms with Crippen LogP contribution in [0.15, 0.2) is 197 Å². The molecule has 0 fully saturated rings. The van der Waals surface area contributed by atoms with Crippen molar-refractivity contribution in [3.63, 3.8) is 0 Å². The molecule has 0 unspecified atom stereocenters. The molecule has 0 saturated carbocycles. The van der Waals surface area contributed by atoms with Crippen molar-refractivity contribution in [3.05, 3.63) is 199 Å². The number of hydrogen-bond donors (Lipinski definition) is 0. The lowest BCUT2D eigenvalue weighted by molar-refractivity contribution is 0.668. The summed E-state index contributed by atoms with van der Waals surface area (Å²) in [6.45, 7) is 6.74. The second-order valence-electron chi connectivity index (χ2n) is 18.1. The fraction of sp³-hybridized carbons (Fsp3) is 0.0645. The normalized spacial score (nSPS) is 12.5. The third-order valence-corrected chi connectivity index (χ3v) is 14.2. The second kappa shape index (κ2) is 13.8. The minimum absolute atomic E-state index is 0.372. The number of hydrogen-bond acceptors (Lipinski definition) is 2. The molecule has 0 amide bonds. The average Bonchev–Trinajstić information content (AvgIpc) is 4.11. The molecule has 10 aromatic carbocycles. The molecule has 0 aliphatic carbocycles. The van der Waals surface area contributed by atoms with Gasteiger partial charge in [-0.2, -0.15) is 0 Å². The number of allylic oxidation sites excluding steroid dienone is 1. The van der Waals surface area contributed by atoms with Crippen LogP contribution < -0.4 is 0 Å². The van der Waals surface area contributed by atoms with Gasteiger partial charge in [-0.1, -0.05) is 135 Å². The van der Waals surface area contributed by atoms with Gasteiger partial charge in [-0.15, -0.1) is 0 Å². The zero-order valence-electron chi connectivity index (χ0n) is 36.8. The summed E-state index contributed by atoms with van der Waals surface area (Å²) in [5.74, 6) is 0.372. The maximum atomic E-state index is 6.51. The molecule has 312 valence electrons. The number of furan rings is 2. The van der Waals surface area contributed by atoms with Crippen molar-refractivity contribution in [1.29, 1.82) is 0 Å². The van der Waals surface area contributed by atoms with Gasteiger partial charge in [0.05, 0.1) is 22.1 Å². The van der Waals surface area contributed by atoms with E-state index in [1.165, 1.54) is 65.3 Å². The van der Waals surface area contributed by atoms with Gasteiger partial charge >= 0.3 is 0 Å². The molecule has 14 aromatic rings. The number of para-hydroxylation sites is 3. The van der Waals surface area contributed by atoms with E-state index >= 15 is 0 Å². The molecule has 0 aliphatic rings. The number of fused-ring (bicyclic) bond motifs is 16. The third kappa shape index (κ3) is 5.04. The number of nitrogens with zero attached hydrogens (tertiary/aromatic N) is 2. The number of aromatic nitrogens is 2. The van der Waals surface area contributed by atoms with Crippen molar-refractivity contribution in [2.24, 2.45) is 0 Å². The molecule has 14 rings (SSSR count). The van der Waals surface area contributed by atoms with Crippen LogP contribution in [0, 0.1) is 0 Å². The quantitative estimate of drug-likeness (QED) is 0.162. The third-order valence-electron chi connectivity index (χ3n) is 14.2. The van der Waals surface area contributed by atoms with Gasteiger partial charge in [0.2, 0.25) is 0 Å². The van der Waals surface area contributed by atoms with E-state index in [0.29, 0.717) is 5.92 Å². The van der Waals surface area contributed by atoms with Crippen LogP contribution >= 0.6 is 0 Å². The summed E-state index contributed by atoms with van der Waals surface area (Å²) < 4.78 is 17.8. The minimum Gasteiger partial charge on any atom is -0.456 e. The van der Waals surface area contributed by atoms with E-state index in [0.717, 1.165) is 77.4 Å². The highest BCUT2D eigenvalue weighted by atomic mass is 16.3. The zero-order chi connectivity index (χ0) is 43.8. The van der Waals surface area contributed by atoms with Gasteiger partial charge in [-0.3, -0.25) is 0 Å². The topological polar surface area (TPSA) is 36.1 Å². The fourth-order valence-corrected chi connectivity index (χ4v) is 11.6. The molecule has 0 aliphatic heterocycles.